The van der Waals surface area contributed by atoms with Crippen LogP contribution in [0, 0.1) is 0 Å². The molecule has 2 aliphatic heterocycles. The van der Waals surface area contributed by atoms with E-state index in [1.165, 1.54) is 6.42 Å². The zero-order chi connectivity index (χ0) is 12.3. The van der Waals surface area contributed by atoms with Crippen LogP contribution in [0.4, 0.5) is 0 Å². The average Bonchev–Trinajstić information content (AvgIpc) is 2.35. The van der Waals surface area contributed by atoms with Crippen LogP contribution in [-0.4, -0.2) is 48.6 Å². The zero-order valence-corrected chi connectivity index (χ0v) is 10.3. The van der Waals surface area contributed by atoms with Gasteiger partial charge in [0.15, 0.2) is 0 Å². The number of piperazine rings is 1. The molecule has 96 valence electrons. The molecule has 5 nitrogen and oxygen atoms in total. The van der Waals surface area contributed by atoms with Crippen molar-refractivity contribution in [1.29, 1.82) is 0 Å². The topological polar surface area (TPSA) is 58.6 Å². The molecule has 2 unspecified atom stereocenters. The van der Waals surface area contributed by atoms with Crippen LogP contribution in [0.1, 0.15) is 32.6 Å². The van der Waals surface area contributed by atoms with Crippen LogP contribution < -0.4 is 5.32 Å². The van der Waals surface area contributed by atoms with Gasteiger partial charge in [0.2, 0.25) is 11.8 Å². The van der Waals surface area contributed by atoms with E-state index in [4.69, 9.17) is 4.74 Å². The van der Waals surface area contributed by atoms with Gasteiger partial charge in [-0.3, -0.25) is 9.59 Å². The lowest BCUT2D eigenvalue weighted by atomic mass is 10.1. The number of hydrogen-bond acceptors (Lipinski definition) is 3. The molecule has 0 bridgehead atoms. The molecule has 2 fully saturated rings. The fourth-order valence-electron chi connectivity index (χ4n) is 2.41. The molecule has 0 saturated carbocycles. The van der Waals surface area contributed by atoms with Gasteiger partial charge in [-0.1, -0.05) is 0 Å². The third-order valence-electron chi connectivity index (χ3n) is 3.55. The van der Waals surface area contributed by atoms with Gasteiger partial charge in [-0.25, -0.2) is 0 Å². The number of amides is 2. The normalized spacial score (nSPS) is 30.3. The number of rotatable bonds is 3. The third kappa shape index (κ3) is 2.97. The highest BCUT2D eigenvalue weighted by Crippen LogP contribution is 2.17. The molecular formula is C12H20N2O3. The van der Waals surface area contributed by atoms with E-state index in [-0.39, 0.29) is 30.5 Å². The molecule has 0 aromatic heterocycles. The predicted octanol–water partition coefficient (Wildman–Crippen LogP) is 0.292. The first-order valence-corrected chi connectivity index (χ1v) is 6.37. The van der Waals surface area contributed by atoms with Crippen molar-refractivity contribution in [2.45, 2.75) is 44.8 Å². The Morgan fingerprint density at radius 2 is 2.24 bits per heavy atom. The van der Waals surface area contributed by atoms with Crippen LogP contribution >= 0.6 is 0 Å². The summed E-state index contributed by atoms with van der Waals surface area (Å²) in [5, 5.41) is 2.59. The third-order valence-corrected chi connectivity index (χ3v) is 3.55. The van der Waals surface area contributed by atoms with Crippen LogP contribution in [0.3, 0.4) is 0 Å². The Morgan fingerprint density at radius 1 is 1.41 bits per heavy atom. The van der Waals surface area contributed by atoms with Gasteiger partial charge in [0.1, 0.15) is 6.04 Å². The smallest absolute Gasteiger partial charge is 0.242 e. The maximum atomic E-state index is 11.7. The van der Waals surface area contributed by atoms with E-state index in [1.54, 1.807) is 11.8 Å². The van der Waals surface area contributed by atoms with E-state index in [2.05, 4.69) is 5.32 Å². The van der Waals surface area contributed by atoms with Crippen LogP contribution in [0.5, 0.6) is 0 Å². The lowest BCUT2D eigenvalue weighted by Crippen LogP contribution is -2.57. The van der Waals surface area contributed by atoms with Crippen molar-refractivity contribution in [2.24, 2.45) is 0 Å². The molecule has 17 heavy (non-hydrogen) atoms. The average molecular weight is 240 g/mol. The maximum Gasteiger partial charge on any atom is 0.242 e. The SMILES string of the molecule is CC1C(=O)NCC(=O)N1CCC1CCCCO1. The van der Waals surface area contributed by atoms with E-state index >= 15 is 0 Å². The summed E-state index contributed by atoms with van der Waals surface area (Å²) in [5.74, 6) is -0.0536. The standard InChI is InChI=1S/C12H20N2O3/c1-9-12(16)13-8-11(15)14(9)6-5-10-4-2-3-7-17-10/h9-10H,2-8H2,1H3,(H,13,16). The van der Waals surface area contributed by atoms with Gasteiger partial charge in [0.05, 0.1) is 12.6 Å². The minimum Gasteiger partial charge on any atom is -0.378 e. The second-order valence-corrected chi connectivity index (χ2v) is 4.76. The summed E-state index contributed by atoms with van der Waals surface area (Å²) in [6.45, 7) is 3.36. The molecule has 5 heteroatoms. The summed E-state index contributed by atoms with van der Waals surface area (Å²) in [5.41, 5.74) is 0. The minimum atomic E-state index is -0.347. The van der Waals surface area contributed by atoms with Crippen molar-refractivity contribution in [2.75, 3.05) is 19.7 Å². The van der Waals surface area contributed by atoms with E-state index in [0.717, 1.165) is 25.9 Å². The first-order chi connectivity index (χ1) is 8.18. The summed E-state index contributed by atoms with van der Waals surface area (Å²) in [7, 11) is 0. The first-order valence-electron chi connectivity index (χ1n) is 6.37. The molecule has 0 radical (unpaired) electrons. The summed E-state index contributed by atoms with van der Waals surface area (Å²) < 4.78 is 5.63. The van der Waals surface area contributed by atoms with Crippen molar-refractivity contribution < 1.29 is 14.3 Å². The zero-order valence-electron chi connectivity index (χ0n) is 10.3. The fourth-order valence-corrected chi connectivity index (χ4v) is 2.41. The molecule has 0 aliphatic carbocycles. The number of carbonyl (C=O) groups excluding carboxylic acids is 2. The van der Waals surface area contributed by atoms with Gasteiger partial charge in [-0.15, -0.1) is 0 Å². The summed E-state index contributed by atoms with van der Waals surface area (Å²) in [4.78, 5) is 24.8. The molecule has 2 rings (SSSR count). The molecular weight excluding hydrogens is 220 g/mol. The van der Waals surface area contributed by atoms with Gasteiger partial charge in [0, 0.05) is 13.2 Å². The Balaban J connectivity index is 1.83. The number of nitrogens with zero attached hydrogens (tertiary/aromatic N) is 1. The molecule has 2 atom stereocenters. The number of carbonyl (C=O) groups is 2. The summed E-state index contributed by atoms with van der Waals surface area (Å²) in [6.07, 6.45) is 4.51. The van der Waals surface area contributed by atoms with Crippen LogP contribution in [0.15, 0.2) is 0 Å². The van der Waals surface area contributed by atoms with E-state index in [9.17, 15) is 9.59 Å². The first kappa shape index (κ1) is 12.4. The van der Waals surface area contributed by atoms with Crippen molar-refractivity contribution >= 4 is 11.8 Å². The van der Waals surface area contributed by atoms with Gasteiger partial charge in [-0.05, 0) is 32.6 Å². The highest BCUT2D eigenvalue weighted by atomic mass is 16.5. The number of ether oxygens (including phenoxy) is 1. The highest BCUT2D eigenvalue weighted by Gasteiger charge is 2.31. The molecule has 0 aromatic carbocycles. The molecule has 2 heterocycles. The van der Waals surface area contributed by atoms with Crippen molar-refractivity contribution in [1.82, 2.24) is 10.2 Å². The van der Waals surface area contributed by atoms with Gasteiger partial charge < -0.3 is 15.0 Å². The van der Waals surface area contributed by atoms with Gasteiger partial charge in [-0.2, -0.15) is 0 Å². The number of nitrogens with one attached hydrogen (secondary N) is 1. The molecule has 2 saturated heterocycles. The maximum absolute atomic E-state index is 11.7. The van der Waals surface area contributed by atoms with Crippen molar-refractivity contribution in [3.63, 3.8) is 0 Å². The molecule has 2 amide bonds. The lowest BCUT2D eigenvalue weighted by Gasteiger charge is -2.34. The van der Waals surface area contributed by atoms with E-state index in [1.807, 2.05) is 0 Å². The molecule has 0 spiro atoms. The number of hydrogen-bond donors (Lipinski definition) is 1. The second kappa shape index (κ2) is 5.49. The Labute approximate surface area is 101 Å². The predicted molar refractivity (Wildman–Crippen MR) is 62.4 cm³/mol. The van der Waals surface area contributed by atoms with Gasteiger partial charge in [0.25, 0.3) is 0 Å². The second-order valence-electron chi connectivity index (χ2n) is 4.76. The van der Waals surface area contributed by atoms with E-state index < -0.39 is 0 Å². The summed E-state index contributed by atoms with van der Waals surface area (Å²) >= 11 is 0. The Hall–Kier alpha value is -1.10. The van der Waals surface area contributed by atoms with E-state index in [0.29, 0.717) is 6.54 Å². The fraction of sp³-hybridized carbons (Fsp3) is 0.833. The largest absolute Gasteiger partial charge is 0.378 e. The Morgan fingerprint density at radius 3 is 2.94 bits per heavy atom. The van der Waals surface area contributed by atoms with Gasteiger partial charge >= 0.3 is 0 Å². The Bertz CT molecular complexity index is 300. The summed E-state index contributed by atoms with van der Waals surface area (Å²) in [6, 6.07) is -0.347. The van der Waals surface area contributed by atoms with Crippen LogP contribution in [-0.2, 0) is 14.3 Å². The molecule has 2 aliphatic rings. The minimum absolute atomic E-state index is 0.00732. The Kier molecular flexibility index (Phi) is 3.99. The van der Waals surface area contributed by atoms with Crippen molar-refractivity contribution in [3.8, 4) is 0 Å². The van der Waals surface area contributed by atoms with Crippen LogP contribution in [0.2, 0.25) is 0 Å². The molecule has 0 aromatic rings. The quantitative estimate of drug-likeness (QED) is 0.771. The monoisotopic (exact) mass is 240 g/mol. The highest BCUT2D eigenvalue weighted by molar-refractivity contribution is 5.94. The molecule has 1 N–H and O–H groups in total. The lowest BCUT2D eigenvalue weighted by molar-refractivity contribution is -0.145. The van der Waals surface area contributed by atoms with Crippen LogP contribution in [0.25, 0.3) is 0 Å². The van der Waals surface area contributed by atoms with Crippen molar-refractivity contribution in [3.05, 3.63) is 0 Å².